The Morgan fingerprint density at radius 2 is 1.95 bits per heavy atom. The molecule has 21 heavy (non-hydrogen) atoms. The zero-order chi connectivity index (χ0) is 16.2. The van der Waals surface area contributed by atoms with Crippen molar-refractivity contribution in [3.8, 4) is 0 Å². The summed E-state index contributed by atoms with van der Waals surface area (Å²) in [5.74, 6) is -4.26. The molecule has 0 aromatic heterocycles. The van der Waals surface area contributed by atoms with E-state index < -0.39 is 52.6 Å². The lowest BCUT2D eigenvalue weighted by atomic mass is 10.2. The maximum atomic E-state index is 13.4. The second kappa shape index (κ2) is 6.56. The number of nitrogens with zero attached hydrogens (tertiary/aromatic N) is 1. The number of aliphatic hydroxyl groups excluding tert-OH is 1. The second-order valence-electron chi connectivity index (χ2n) is 3.71. The van der Waals surface area contributed by atoms with Gasteiger partial charge in [0.25, 0.3) is 0 Å². The Balaban J connectivity index is 2.92. The second-order valence-corrected chi connectivity index (χ2v) is 3.71. The smallest absolute Gasteiger partial charge is 0.328 e. The molecule has 1 aromatic carbocycles. The number of aliphatic hydroxyl groups is 1. The SMILES string of the molecule is O=C(Nc1cc([N+](=O)[O-])c(F)cc1F)N[C@H](CO)C(=O)O. The molecule has 1 atom stereocenters. The van der Waals surface area contributed by atoms with Crippen LogP contribution in [0.25, 0.3) is 0 Å². The van der Waals surface area contributed by atoms with Gasteiger partial charge >= 0.3 is 17.7 Å². The average molecular weight is 305 g/mol. The van der Waals surface area contributed by atoms with Crippen LogP contribution in [0.1, 0.15) is 0 Å². The van der Waals surface area contributed by atoms with Gasteiger partial charge in [0.2, 0.25) is 5.82 Å². The van der Waals surface area contributed by atoms with Gasteiger partial charge in [0.05, 0.1) is 17.2 Å². The van der Waals surface area contributed by atoms with Gasteiger partial charge in [0.15, 0.2) is 6.04 Å². The van der Waals surface area contributed by atoms with Crippen LogP contribution in [0.4, 0.5) is 25.0 Å². The first-order valence-corrected chi connectivity index (χ1v) is 5.31. The molecule has 0 heterocycles. The number of anilines is 1. The number of aliphatic carboxylic acids is 1. The van der Waals surface area contributed by atoms with Crippen molar-refractivity contribution in [2.75, 3.05) is 11.9 Å². The lowest BCUT2D eigenvalue weighted by molar-refractivity contribution is -0.387. The van der Waals surface area contributed by atoms with Crippen molar-refractivity contribution in [3.05, 3.63) is 33.9 Å². The third-order valence-electron chi connectivity index (χ3n) is 2.27. The number of carbonyl (C=O) groups excluding carboxylic acids is 1. The van der Waals surface area contributed by atoms with Crippen LogP contribution in [-0.2, 0) is 4.79 Å². The molecule has 2 amide bonds. The topological polar surface area (TPSA) is 142 Å². The summed E-state index contributed by atoms with van der Waals surface area (Å²) >= 11 is 0. The molecule has 0 bridgehead atoms. The standard InChI is InChI=1S/C10H9F2N3O6/c11-4-1-5(12)8(15(20)21)2-6(4)13-10(19)14-7(3-16)9(17)18/h1-2,7,16H,3H2,(H,17,18)(H2,13,14,19)/t7-/m1/s1. The monoisotopic (exact) mass is 305 g/mol. The summed E-state index contributed by atoms with van der Waals surface area (Å²) in [4.78, 5) is 31.3. The van der Waals surface area contributed by atoms with Crippen molar-refractivity contribution in [2.45, 2.75) is 6.04 Å². The Morgan fingerprint density at radius 3 is 2.43 bits per heavy atom. The number of hydrogen-bond acceptors (Lipinski definition) is 5. The van der Waals surface area contributed by atoms with Crippen molar-refractivity contribution < 1.29 is 33.5 Å². The highest BCUT2D eigenvalue weighted by molar-refractivity contribution is 5.92. The van der Waals surface area contributed by atoms with E-state index in [1.165, 1.54) is 0 Å². The highest BCUT2D eigenvalue weighted by Gasteiger charge is 2.22. The minimum absolute atomic E-state index is 0.203. The third kappa shape index (κ3) is 4.07. The van der Waals surface area contributed by atoms with Crippen molar-refractivity contribution in [3.63, 3.8) is 0 Å². The predicted octanol–water partition coefficient (Wildman–Crippen LogP) is 0.440. The molecule has 11 heteroatoms. The molecule has 0 unspecified atom stereocenters. The molecule has 0 aliphatic heterocycles. The molecule has 9 nitrogen and oxygen atoms in total. The van der Waals surface area contributed by atoms with Gasteiger partial charge in [-0.1, -0.05) is 0 Å². The van der Waals surface area contributed by atoms with E-state index in [0.717, 1.165) is 0 Å². The predicted molar refractivity (Wildman–Crippen MR) is 63.7 cm³/mol. The van der Waals surface area contributed by atoms with Crippen LogP contribution < -0.4 is 10.6 Å². The maximum Gasteiger partial charge on any atom is 0.328 e. The molecule has 0 radical (unpaired) electrons. The fraction of sp³-hybridized carbons (Fsp3) is 0.200. The summed E-state index contributed by atoms with van der Waals surface area (Å²) in [6.45, 7) is -0.922. The number of carboxylic acids is 1. The quantitative estimate of drug-likeness (QED) is 0.459. The highest BCUT2D eigenvalue weighted by Crippen LogP contribution is 2.24. The van der Waals surface area contributed by atoms with E-state index in [-0.39, 0.29) is 6.07 Å². The van der Waals surface area contributed by atoms with Gasteiger partial charge in [-0.15, -0.1) is 0 Å². The number of rotatable bonds is 5. The molecule has 0 aliphatic rings. The van der Waals surface area contributed by atoms with Crippen LogP contribution in [0.5, 0.6) is 0 Å². The molecular weight excluding hydrogens is 296 g/mol. The van der Waals surface area contributed by atoms with Crippen LogP contribution in [0.2, 0.25) is 0 Å². The van der Waals surface area contributed by atoms with Crippen molar-refractivity contribution in [1.82, 2.24) is 5.32 Å². The summed E-state index contributed by atoms with van der Waals surface area (Å²) in [7, 11) is 0. The van der Waals surface area contributed by atoms with E-state index >= 15 is 0 Å². The molecular formula is C10H9F2N3O6. The molecule has 0 aliphatic carbocycles. The molecule has 0 spiro atoms. The minimum atomic E-state index is -1.65. The van der Waals surface area contributed by atoms with Gasteiger partial charge < -0.3 is 20.8 Å². The van der Waals surface area contributed by atoms with Crippen LogP contribution in [-0.4, -0.2) is 39.8 Å². The van der Waals surface area contributed by atoms with Gasteiger partial charge in [0, 0.05) is 12.1 Å². The zero-order valence-electron chi connectivity index (χ0n) is 10.2. The number of urea groups is 1. The van der Waals surface area contributed by atoms with Gasteiger partial charge in [-0.2, -0.15) is 4.39 Å². The Labute approximate surface area is 115 Å². The Bertz CT molecular complexity index is 594. The first kappa shape index (κ1) is 16.2. The number of benzene rings is 1. The van der Waals surface area contributed by atoms with Crippen LogP contribution >= 0.6 is 0 Å². The van der Waals surface area contributed by atoms with Gasteiger partial charge in [-0.25, -0.2) is 14.0 Å². The van der Waals surface area contributed by atoms with Crippen molar-refractivity contribution >= 4 is 23.4 Å². The lowest BCUT2D eigenvalue weighted by Gasteiger charge is -2.13. The summed E-state index contributed by atoms with van der Waals surface area (Å²) < 4.78 is 26.4. The largest absolute Gasteiger partial charge is 0.480 e. The first-order chi connectivity index (χ1) is 9.76. The summed E-state index contributed by atoms with van der Waals surface area (Å²) in [6.07, 6.45) is 0. The molecule has 4 N–H and O–H groups in total. The van der Waals surface area contributed by atoms with E-state index in [1.54, 1.807) is 10.6 Å². The number of hydrogen-bond donors (Lipinski definition) is 4. The Hall–Kier alpha value is -2.82. The van der Waals surface area contributed by atoms with Crippen molar-refractivity contribution in [2.24, 2.45) is 0 Å². The molecule has 0 saturated carbocycles. The average Bonchev–Trinajstić information content (AvgIpc) is 2.38. The molecule has 1 rings (SSSR count). The molecule has 0 fully saturated rings. The molecule has 1 aromatic rings. The number of carboxylic acid groups (broad SMARTS) is 1. The maximum absolute atomic E-state index is 13.4. The number of carbonyl (C=O) groups is 2. The fourth-order valence-corrected chi connectivity index (χ4v) is 1.28. The third-order valence-corrected chi connectivity index (χ3v) is 2.27. The normalized spacial score (nSPS) is 11.6. The number of halogens is 2. The number of nitrogens with one attached hydrogen (secondary N) is 2. The molecule has 114 valence electrons. The van der Waals surface area contributed by atoms with Crippen LogP contribution in [0, 0.1) is 21.7 Å². The van der Waals surface area contributed by atoms with E-state index in [2.05, 4.69) is 0 Å². The van der Waals surface area contributed by atoms with Gasteiger partial charge in [0.1, 0.15) is 5.82 Å². The zero-order valence-corrected chi connectivity index (χ0v) is 10.2. The summed E-state index contributed by atoms with van der Waals surface area (Å²) in [6, 6.07) is -2.24. The van der Waals surface area contributed by atoms with Crippen LogP contribution in [0.15, 0.2) is 12.1 Å². The first-order valence-electron chi connectivity index (χ1n) is 5.31. The molecule has 0 saturated heterocycles. The Morgan fingerprint density at radius 1 is 1.33 bits per heavy atom. The van der Waals surface area contributed by atoms with Gasteiger partial charge in [-0.05, 0) is 0 Å². The van der Waals surface area contributed by atoms with Crippen molar-refractivity contribution in [1.29, 1.82) is 0 Å². The minimum Gasteiger partial charge on any atom is -0.480 e. The van der Waals surface area contributed by atoms with E-state index in [4.69, 9.17) is 10.2 Å². The van der Waals surface area contributed by atoms with Gasteiger partial charge in [-0.3, -0.25) is 10.1 Å². The number of nitro groups is 1. The fourth-order valence-electron chi connectivity index (χ4n) is 1.28. The van der Waals surface area contributed by atoms with Crippen LogP contribution in [0.3, 0.4) is 0 Å². The summed E-state index contributed by atoms with van der Waals surface area (Å²) in [5.41, 5.74) is -1.79. The van der Waals surface area contributed by atoms with E-state index in [0.29, 0.717) is 6.07 Å². The lowest BCUT2D eigenvalue weighted by Crippen LogP contribution is -2.45. The number of amides is 2. The summed E-state index contributed by atoms with van der Waals surface area (Å²) in [5, 5.41) is 31.3. The highest BCUT2D eigenvalue weighted by atomic mass is 19.1. The van der Waals surface area contributed by atoms with E-state index in [1.807, 2.05) is 0 Å². The Kier molecular flexibility index (Phi) is 5.07. The number of nitro benzene ring substituents is 1. The van der Waals surface area contributed by atoms with E-state index in [9.17, 15) is 28.5 Å².